The number of phenols is 1. The van der Waals surface area contributed by atoms with Gasteiger partial charge in [-0.3, -0.25) is 9.69 Å². The number of phenolic OH excluding ortho intramolecular Hbond substituents is 1. The van der Waals surface area contributed by atoms with Crippen molar-refractivity contribution in [2.45, 2.75) is 32.9 Å². The van der Waals surface area contributed by atoms with Crippen LogP contribution in [0.15, 0.2) is 42.5 Å². The Balaban J connectivity index is 1.59. The Morgan fingerprint density at radius 3 is 2.50 bits per heavy atom. The highest BCUT2D eigenvalue weighted by atomic mass is 19.1. The fourth-order valence-corrected chi connectivity index (χ4v) is 4.14. The molecule has 2 heterocycles. The van der Waals surface area contributed by atoms with Crippen molar-refractivity contribution in [3.8, 4) is 17.1 Å². The van der Waals surface area contributed by atoms with Gasteiger partial charge in [0.05, 0.1) is 17.6 Å². The molecule has 0 saturated carbocycles. The summed E-state index contributed by atoms with van der Waals surface area (Å²) < 4.78 is 13.8. The summed E-state index contributed by atoms with van der Waals surface area (Å²) >= 11 is 0. The lowest BCUT2D eigenvalue weighted by Crippen LogP contribution is -2.48. The number of Topliss-reactive ketones (excluding diaryl/α,β-unsaturated/α-hetero) is 1. The summed E-state index contributed by atoms with van der Waals surface area (Å²) in [6.45, 7) is 7.96. The van der Waals surface area contributed by atoms with E-state index in [1.807, 2.05) is 37.3 Å². The van der Waals surface area contributed by atoms with Crippen LogP contribution in [0.3, 0.4) is 0 Å². The summed E-state index contributed by atoms with van der Waals surface area (Å²) in [5, 5.41) is 11.3. The molecule has 3 aromatic rings. The molecule has 1 fully saturated rings. The molecule has 168 valence electrons. The molecule has 1 N–H and O–H groups in total. The lowest BCUT2D eigenvalue weighted by atomic mass is 10.0. The predicted molar refractivity (Wildman–Crippen MR) is 125 cm³/mol. The van der Waals surface area contributed by atoms with Gasteiger partial charge >= 0.3 is 0 Å². The molecule has 0 spiro atoms. The number of para-hydroxylation sites is 1. The Labute approximate surface area is 187 Å². The van der Waals surface area contributed by atoms with Crippen LogP contribution in [0.4, 0.5) is 10.2 Å². The average Bonchev–Trinajstić information content (AvgIpc) is 2.72. The molecule has 0 radical (unpaired) electrons. The number of halogens is 1. The number of nitrogens with zero attached hydrogens (tertiary/aromatic N) is 4. The van der Waals surface area contributed by atoms with Crippen molar-refractivity contribution in [1.82, 2.24) is 14.9 Å². The van der Waals surface area contributed by atoms with Crippen molar-refractivity contribution in [2.24, 2.45) is 0 Å². The second-order valence-corrected chi connectivity index (χ2v) is 9.11. The van der Waals surface area contributed by atoms with Crippen LogP contribution in [0, 0.1) is 6.92 Å². The molecule has 1 aliphatic heterocycles. The Morgan fingerprint density at radius 2 is 1.81 bits per heavy atom. The number of aromatic nitrogens is 2. The highest BCUT2D eigenvalue weighted by molar-refractivity contribution is 5.92. The Morgan fingerprint density at radius 1 is 1.09 bits per heavy atom. The Bertz CT molecular complexity index is 1130. The fraction of sp³-hybridized carbons (Fsp3) is 0.400. The van der Waals surface area contributed by atoms with E-state index in [9.17, 15) is 14.3 Å². The topological polar surface area (TPSA) is 69.6 Å². The van der Waals surface area contributed by atoms with Crippen molar-refractivity contribution in [1.29, 1.82) is 0 Å². The van der Waals surface area contributed by atoms with Crippen LogP contribution in [0.2, 0.25) is 0 Å². The van der Waals surface area contributed by atoms with Gasteiger partial charge in [-0.2, -0.15) is 0 Å². The molecule has 6 nitrogen and oxygen atoms in total. The van der Waals surface area contributed by atoms with Crippen molar-refractivity contribution in [3.05, 3.63) is 48.0 Å². The maximum Gasteiger partial charge on any atom is 0.165 e. The molecule has 7 heteroatoms. The van der Waals surface area contributed by atoms with Gasteiger partial charge in [-0.1, -0.05) is 18.2 Å². The number of hydrogen-bond acceptors (Lipinski definition) is 6. The lowest BCUT2D eigenvalue weighted by Gasteiger charge is -2.35. The second kappa shape index (κ2) is 8.82. The van der Waals surface area contributed by atoms with Crippen LogP contribution in [0.1, 0.15) is 25.8 Å². The number of anilines is 1. The number of aryl methyl sites for hydroxylation is 1. The quantitative estimate of drug-likeness (QED) is 0.626. The lowest BCUT2D eigenvalue weighted by molar-refractivity contribution is -0.122. The Kier molecular flexibility index (Phi) is 6.11. The van der Waals surface area contributed by atoms with Gasteiger partial charge in [0, 0.05) is 38.0 Å². The zero-order valence-corrected chi connectivity index (χ0v) is 18.8. The number of alkyl halides is 1. The third-order valence-corrected chi connectivity index (χ3v) is 5.67. The number of carbonyl (C=O) groups is 1. The standard InChI is InChI=1S/C25H29FN4O2/c1-17-8-9-19-21(14-17)27-23(20-6-4-5-7-22(20)32)28-24(19)30-12-10-29(11-13-30)16-18(31)15-25(2,3)26/h4-9,14,32H,10-13,15-16H2,1-3H3. The van der Waals surface area contributed by atoms with Gasteiger partial charge in [0.1, 0.15) is 23.0 Å². The molecular weight excluding hydrogens is 407 g/mol. The number of piperazine rings is 1. The van der Waals surface area contributed by atoms with Crippen molar-refractivity contribution >= 4 is 22.5 Å². The molecule has 1 aliphatic rings. The van der Waals surface area contributed by atoms with Gasteiger partial charge in [0.25, 0.3) is 0 Å². The summed E-state index contributed by atoms with van der Waals surface area (Å²) in [5.74, 6) is 1.38. The molecular formula is C25H29FN4O2. The second-order valence-electron chi connectivity index (χ2n) is 9.11. The largest absolute Gasteiger partial charge is 0.507 e. The highest BCUT2D eigenvalue weighted by Gasteiger charge is 2.25. The average molecular weight is 437 g/mol. The first-order valence-electron chi connectivity index (χ1n) is 10.9. The molecule has 1 aromatic heterocycles. The van der Waals surface area contributed by atoms with Crippen LogP contribution in [0.25, 0.3) is 22.3 Å². The molecule has 0 amide bonds. The maximum absolute atomic E-state index is 13.8. The summed E-state index contributed by atoms with van der Waals surface area (Å²) in [7, 11) is 0. The van der Waals surface area contributed by atoms with Crippen LogP contribution in [-0.4, -0.2) is 64.2 Å². The highest BCUT2D eigenvalue weighted by Crippen LogP contribution is 2.32. The van der Waals surface area contributed by atoms with E-state index in [0.29, 0.717) is 37.6 Å². The van der Waals surface area contributed by atoms with Gasteiger partial charge in [-0.05, 0) is 50.6 Å². The minimum absolute atomic E-state index is 0.0625. The first-order valence-corrected chi connectivity index (χ1v) is 10.9. The number of rotatable bonds is 6. The van der Waals surface area contributed by atoms with E-state index in [0.717, 1.165) is 22.3 Å². The fourth-order valence-electron chi connectivity index (χ4n) is 4.14. The van der Waals surface area contributed by atoms with Crippen molar-refractivity contribution in [3.63, 3.8) is 0 Å². The van der Waals surface area contributed by atoms with Gasteiger partial charge in [0.15, 0.2) is 5.82 Å². The first-order chi connectivity index (χ1) is 15.2. The summed E-state index contributed by atoms with van der Waals surface area (Å²) in [4.78, 5) is 26.0. The minimum atomic E-state index is -1.48. The van der Waals surface area contributed by atoms with E-state index in [2.05, 4.69) is 9.80 Å². The van der Waals surface area contributed by atoms with Crippen LogP contribution in [-0.2, 0) is 4.79 Å². The van der Waals surface area contributed by atoms with Gasteiger partial charge < -0.3 is 10.0 Å². The number of aromatic hydroxyl groups is 1. The Hall–Kier alpha value is -3.06. The molecule has 0 aliphatic carbocycles. The maximum atomic E-state index is 13.8. The summed E-state index contributed by atoms with van der Waals surface area (Å²) in [6.07, 6.45) is -0.0625. The SMILES string of the molecule is Cc1ccc2c(N3CCN(CC(=O)CC(C)(C)F)CC3)nc(-c3ccccc3O)nc2c1. The number of hydrogen-bond donors (Lipinski definition) is 1. The smallest absolute Gasteiger partial charge is 0.165 e. The van der Waals surface area contributed by atoms with E-state index in [1.54, 1.807) is 12.1 Å². The first kappa shape index (κ1) is 22.1. The molecule has 1 saturated heterocycles. The number of ketones is 1. The van der Waals surface area contributed by atoms with E-state index < -0.39 is 5.67 Å². The van der Waals surface area contributed by atoms with Crippen LogP contribution < -0.4 is 4.90 Å². The number of benzene rings is 2. The molecule has 0 atom stereocenters. The predicted octanol–water partition coefficient (Wildman–Crippen LogP) is 4.14. The zero-order valence-electron chi connectivity index (χ0n) is 18.8. The molecule has 4 rings (SSSR count). The van der Waals surface area contributed by atoms with E-state index >= 15 is 0 Å². The number of carbonyl (C=O) groups excluding carboxylic acids is 1. The van der Waals surface area contributed by atoms with E-state index in [4.69, 9.17) is 9.97 Å². The van der Waals surface area contributed by atoms with E-state index in [1.165, 1.54) is 13.8 Å². The summed E-state index contributed by atoms with van der Waals surface area (Å²) in [6, 6.07) is 13.2. The molecule has 2 aromatic carbocycles. The van der Waals surface area contributed by atoms with E-state index in [-0.39, 0.29) is 24.5 Å². The molecule has 0 bridgehead atoms. The monoisotopic (exact) mass is 436 g/mol. The third-order valence-electron chi connectivity index (χ3n) is 5.67. The van der Waals surface area contributed by atoms with Gasteiger partial charge in [-0.25, -0.2) is 14.4 Å². The summed E-state index contributed by atoms with van der Waals surface area (Å²) in [5.41, 5.74) is 1.05. The zero-order chi connectivity index (χ0) is 22.9. The number of fused-ring (bicyclic) bond motifs is 1. The normalized spacial score (nSPS) is 15.3. The van der Waals surface area contributed by atoms with Crippen molar-refractivity contribution in [2.75, 3.05) is 37.6 Å². The van der Waals surface area contributed by atoms with Gasteiger partial charge in [-0.15, -0.1) is 0 Å². The van der Waals surface area contributed by atoms with Crippen LogP contribution >= 0.6 is 0 Å². The van der Waals surface area contributed by atoms with Crippen LogP contribution in [0.5, 0.6) is 5.75 Å². The molecule has 32 heavy (non-hydrogen) atoms. The molecule has 0 unspecified atom stereocenters. The minimum Gasteiger partial charge on any atom is -0.507 e. The van der Waals surface area contributed by atoms with Gasteiger partial charge in [0.2, 0.25) is 0 Å². The van der Waals surface area contributed by atoms with Crippen molar-refractivity contribution < 1.29 is 14.3 Å². The third kappa shape index (κ3) is 5.05.